The largest absolute Gasteiger partial charge is 0.393 e. The molecule has 1 spiro atoms. The quantitative estimate of drug-likeness (QED) is 0.314. The van der Waals surface area contributed by atoms with Crippen molar-refractivity contribution in [1.29, 1.82) is 0 Å². The van der Waals surface area contributed by atoms with Gasteiger partial charge < -0.3 is 26.0 Å². The number of aliphatic hydroxyl groups excluding tert-OH is 1. The van der Waals surface area contributed by atoms with Crippen molar-refractivity contribution in [3.63, 3.8) is 0 Å². The molecule has 3 heterocycles. The highest BCUT2D eigenvalue weighted by Gasteiger charge is 2.65. The van der Waals surface area contributed by atoms with Gasteiger partial charge in [-0.05, 0) is 82.7 Å². The van der Waals surface area contributed by atoms with Crippen LogP contribution < -0.4 is 16.0 Å². The van der Waals surface area contributed by atoms with Gasteiger partial charge in [-0.3, -0.25) is 9.59 Å². The van der Waals surface area contributed by atoms with Crippen LogP contribution in [0.5, 0.6) is 0 Å². The first kappa shape index (κ1) is 30.9. The number of aliphatic hydroxyl groups is 1. The topological polar surface area (TPSA) is 93.7 Å². The molecule has 41 heavy (non-hydrogen) atoms. The van der Waals surface area contributed by atoms with Crippen molar-refractivity contribution >= 4 is 63.3 Å². The summed E-state index contributed by atoms with van der Waals surface area (Å²) in [6.07, 6.45) is 1.78. The monoisotopic (exact) mass is 716 g/mol. The first-order valence-electron chi connectivity index (χ1n) is 14.0. The number of likely N-dealkylation sites (tertiary alicyclic amines) is 1. The van der Waals surface area contributed by atoms with Crippen molar-refractivity contribution in [3.8, 4) is 0 Å². The number of piperidine rings is 1. The van der Waals surface area contributed by atoms with Crippen LogP contribution in [-0.2, 0) is 15.0 Å². The summed E-state index contributed by atoms with van der Waals surface area (Å²) in [6, 6.07) is 6.96. The molecule has 3 aliphatic rings. The molecular weight excluding hydrogens is 681 g/mol. The van der Waals surface area contributed by atoms with Gasteiger partial charge in [0.25, 0.3) is 0 Å². The molecule has 222 valence electrons. The van der Waals surface area contributed by atoms with Gasteiger partial charge in [-0.2, -0.15) is 0 Å². The summed E-state index contributed by atoms with van der Waals surface area (Å²) >= 11 is 14.9. The lowest BCUT2D eigenvalue weighted by atomic mass is 9.62. The molecule has 2 amide bonds. The maximum Gasteiger partial charge on any atom is 0.237 e. The van der Waals surface area contributed by atoms with Crippen LogP contribution in [0.2, 0.25) is 10.0 Å². The predicted molar refractivity (Wildman–Crippen MR) is 168 cm³/mol. The highest BCUT2D eigenvalue weighted by atomic mass is 127. The standard InChI is InChI=1S/C30H36Cl2FIN4O3/c1-29(2,3)15-24-30(18-13-22(34)20(32)14-23(18)36-28(30)41)25(16-4-5-21(33)19(31)12-16)26(37-24)27(40)35-8-11-38-9-6-17(39)7-10-38/h4-5,12-14,17,24-26,37,39H,6-11,15H2,1-3H3,(H,35,40)(H,36,41)/t24-,25+,26-,30+/m1/s1. The lowest BCUT2D eigenvalue weighted by Crippen LogP contribution is -2.49. The van der Waals surface area contributed by atoms with Crippen LogP contribution in [0, 0.1) is 14.8 Å². The molecule has 0 aliphatic carbocycles. The number of fused-ring (bicyclic) bond motifs is 2. The molecule has 4 N–H and O–H groups in total. The van der Waals surface area contributed by atoms with Crippen molar-refractivity contribution in [1.82, 2.24) is 15.5 Å². The number of carbonyl (C=O) groups is 2. The van der Waals surface area contributed by atoms with Crippen molar-refractivity contribution in [3.05, 3.63) is 60.9 Å². The third-order valence-electron chi connectivity index (χ3n) is 8.57. The fourth-order valence-electron chi connectivity index (χ4n) is 6.73. The average Bonchev–Trinajstić information content (AvgIpc) is 3.36. The van der Waals surface area contributed by atoms with Crippen molar-refractivity contribution in [2.24, 2.45) is 5.41 Å². The van der Waals surface area contributed by atoms with Gasteiger partial charge in [-0.15, -0.1) is 0 Å². The summed E-state index contributed by atoms with van der Waals surface area (Å²) in [6.45, 7) is 8.97. The molecule has 2 fully saturated rings. The van der Waals surface area contributed by atoms with Crippen LogP contribution in [0.3, 0.4) is 0 Å². The second-order valence-corrected chi connectivity index (χ2v) is 14.6. The Morgan fingerprint density at radius 1 is 1.20 bits per heavy atom. The third kappa shape index (κ3) is 5.99. The summed E-state index contributed by atoms with van der Waals surface area (Å²) in [4.78, 5) is 30.5. The van der Waals surface area contributed by atoms with Crippen LogP contribution in [-0.4, -0.2) is 66.2 Å². The number of nitrogens with zero attached hydrogens (tertiary/aromatic N) is 1. The second kappa shape index (κ2) is 11.9. The van der Waals surface area contributed by atoms with Gasteiger partial charge in [0.05, 0.1) is 22.2 Å². The maximum atomic E-state index is 14.3. The molecule has 5 rings (SSSR count). The number of halogens is 4. The van der Waals surface area contributed by atoms with Gasteiger partial charge in [0.1, 0.15) is 11.2 Å². The summed E-state index contributed by atoms with van der Waals surface area (Å²) in [5, 5.41) is 20.0. The Kier molecular flexibility index (Phi) is 8.97. The molecule has 0 bridgehead atoms. The number of hydrogen-bond donors (Lipinski definition) is 4. The summed E-state index contributed by atoms with van der Waals surface area (Å²) in [5.74, 6) is -1.68. The minimum absolute atomic E-state index is 0.0623. The first-order valence-corrected chi connectivity index (χ1v) is 15.8. The van der Waals surface area contributed by atoms with Crippen molar-refractivity contribution in [2.45, 2.75) is 69.6 Å². The molecule has 11 heteroatoms. The number of carbonyl (C=O) groups excluding carboxylic acids is 2. The molecular formula is C30H36Cl2FIN4O3. The Bertz CT molecular complexity index is 1350. The smallest absolute Gasteiger partial charge is 0.237 e. The SMILES string of the molecule is CC(C)(C)C[C@H]1N[C@@H](C(=O)NCCN2CCC(O)CC2)[C@H](c2ccc(F)c(Cl)c2)[C@@]12C(=O)Nc1cc(Cl)c(I)cc12. The lowest BCUT2D eigenvalue weighted by molar-refractivity contribution is -0.124. The van der Waals surface area contributed by atoms with Gasteiger partial charge in [0, 0.05) is 47.4 Å². The molecule has 2 aromatic rings. The molecule has 0 saturated carbocycles. The Hall–Kier alpha value is -1.50. The number of nitrogens with one attached hydrogen (secondary N) is 3. The highest BCUT2D eigenvalue weighted by molar-refractivity contribution is 14.1. The van der Waals surface area contributed by atoms with Crippen LogP contribution in [0.4, 0.5) is 10.1 Å². The number of benzene rings is 2. The van der Waals surface area contributed by atoms with E-state index < -0.39 is 29.2 Å². The fraction of sp³-hybridized carbons (Fsp3) is 0.533. The average molecular weight is 717 g/mol. The van der Waals surface area contributed by atoms with Gasteiger partial charge in [0.2, 0.25) is 11.8 Å². The van der Waals surface area contributed by atoms with Crippen LogP contribution in [0.1, 0.15) is 57.1 Å². The van der Waals surface area contributed by atoms with Gasteiger partial charge >= 0.3 is 0 Å². The van der Waals surface area contributed by atoms with Gasteiger partial charge in [0.15, 0.2) is 0 Å². The van der Waals surface area contributed by atoms with E-state index in [-0.39, 0.29) is 28.4 Å². The van der Waals surface area contributed by atoms with Crippen LogP contribution in [0.15, 0.2) is 30.3 Å². The van der Waals surface area contributed by atoms with E-state index in [2.05, 4.69) is 64.2 Å². The zero-order chi connectivity index (χ0) is 29.7. The van der Waals surface area contributed by atoms with E-state index in [1.807, 2.05) is 6.07 Å². The molecule has 0 aromatic heterocycles. The Morgan fingerprint density at radius 3 is 2.56 bits per heavy atom. The maximum absolute atomic E-state index is 14.3. The molecule has 2 aromatic carbocycles. The minimum atomic E-state index is -1.17. The zero-order valence-electron chi connectivity index (χ0n) is 23.4. The van der Waals surface area contributed by atoms with E-state index in [4.69, 9.17) is 23.2 Å². The van der Waals surface area contributed by atoms with Crippen LogP contribution in [0.25, 0.3) is 0 Å². The van der Waals surface area contributed by atoms with Crippen LogP contribution >= 0.6 is 45.8 Å². The predicted octanol–water partition coefficient (Wildman–Crippen LogP) is 5.06. The Morgan fingerprint density at radius 2 is 1.90 bits per heavy atom. The van der Waals surface area contributed by atoms with E-state index in [9.17, 15) is 19.1 Å². The third-order valence-corrected chi connectivity index (χ3v) is 10.4. The lowest BCUT2D eigenvalue weighted by Gasteiger charge is -2.37. The first-order chi connectivity index (χ1) is 19.3. The van der Waals surface area contributed by atoms with Crippen molar-refractivity contribution in [2.75, 3.05) is 31.5 Å². The normalized spacial score (nSPS) is 26.8. The number of amides is 2. The number of rotatable bonds is 6. The Labute approximate surface area is 264 Å². The van der Waals surface area contributed by atoms with E-state index in [0.29, 0.717) is 35.8 Å². The Balaban J connectivity index is 1.57. The number of hydrogen-bond acceptors (Lipinski definition) is 5. The van der Waals surface area contributed by atoms with E-state index >= 15 is 0 Å². The molecule has 7 nitrogen and oxygen atoms in total. The molecule has 0 radical (unpaired) electrons. The fourth-order valence-corrected chi connectivity index (χ4v) is 7.55. The molecule has 3 aliphatic heterocycles. The molecule has 0 unspecified atom stereocenters. The summed E-state index contributed by atoms with van der Waals surface area (Å²) < 4.78 is 15.1. The summed E-state index contributed by atoms with van der Waals surface area (Å²) in [5.41, 5.74) is 0.652. The summed E-state index contributed by atoms with van der Waals surface area (Å²) in [7, 11) is 0. The van der Waals surface area contributed by atoms with E-state index in [0.717, 1.165) is 35.1 Å². The van der Waals surface area contributed by atoms with Gasteiger partial charge in [-0.1, -0.05) is 50.0 Å². The number of anilines is 1. The van der Waals surface area contributed by atoms with E-state index in [1.165, 1.54) is 12.1 Å². The zero-order valence-corrected chi connectivity index (χ0v) is 27.0. The minimum Gasteiger partial charge on any atom is -0.393 e. The molecule has 2 saturated heterocycles. The molecule has 4 atom stereocenters. The highest BCUT2D eigenvalue weighted by Crippen LogP contribution is 2.57. The van der Waals surface area contributed by atoms with E-state index in [1.54, 1.807) is 12.1 Å². The second-order valence-electron chi connectivity index (χ2n) is 12.6. The van der Waals surface area contributed by atoms with Gasteiger partial charge in [-0.25, -0.2) is 4.39 Å². The van der Waals surface area contributed by atoms with Crippen molar-refractivity contribution < 1.29 is 19.1 Å².